The Morgan fingerprint density at radius 2 is 1.72 bits per heavy atom. The lowest BCUT2D eigenvalue weighted by Gasteiger charge is -2.20. The molecule has 2 amide bonds. The summed E-state index contributed by atoms with van der Waals surface area (Å²) in [4.78, 5) is 26.9. The van der Waals surface area contributed by atoms with Crippen LogP contribution >= 0.6 is 11.6 Å². The van der Waals surface area contributed by atoms with E-state index in [-0.39, 0.29) is 18.4 Å². The molecule has 0 radical (unpaired) electrons. The van der Waals surface area contributed by atoms with Crippen LogP contribution in [0.1, 0.15) is 47.3 Å². The highest BCUT2D eigenvalue weighted by atomic mass is 35.5. The number of nitrogens with one attached hydrogen (secondary N) is 1. The van der Waals surface area contributed by atoms with Gasteiger partial charge in [0.15, 0.2) is 11.5 Å². The smallest absolute Gasteiger partial charge is 0.254 e. The quantitative estimate of drug-likeness (QED) is 0.543. The summed E-state index contributed by atoms with van der Waals surface area (Å²) in [6, 6.07) is 7.15. The van der Waals surface area contributed by atoms with Crippen molar-refractivity contribution >= 4 is 29.1 Å². The number of ether oxygens (including phenoxy) is 2. The molecule has 0 bridgehead atoms. The van der Waals surface area contributed by atoms with Crippen LogP contribution in [-0.2, 0) is 4.79 Å². The molecule has 0 unspecified atom stereocenters. The number of aryl methyl sites for hydroxylation is 3. The molecular weight excluding hydrogens is 428 g/mol. The molecule has 0 heterocycles. The number of hydrogen-bond acceptors (Lipinski definition) is 4. The van der Waals surface area contributed by atoms with Crippen molar-refractivity contribution in [2.24, 2.45) is 5.92 Å². The first kappa shape index (κ1) is 25.5. The minimum atomic E-state index is -0.341. The van der Waals surface area contributed by atoms with E-state index in [1.54, 1.807) is 19.2 Å². The van der Waals surface area contributed by atoms with E-state index in [1.807, 2.05) is 32.9 Å². The van der Waals surface area contributed by atoms with E-state index in [0.717, 1.165) is 28.8 Å². The van der Waals surface area contributed by atoms with Gasteiger partial charge in [-0.25, -0.2) is 0 Å². The zero-order valence-corrected chi connectivity index (χ0v) is 20.7. The summed E-state index contributed by atoms with van der Waals surface area (Å²) in [5.41, 5.74) is 4.19. The van der Waals surface area contributed by atoms with Crippen molar-refractivity contribution in [2.75, 3.05) is 32.6 Å². The molecule has 7 heteroatoms. The summed E-state index contributed by atoms with van der Waals surface area (Å²) in [5, 5.41) is 3.21. The van der Waals surface area contributed by atoms with Crippen LogP contribution in [0.15, 0.2) is 24.3 Å². The number of halogens is 1. The molecule has 0 saturated heterocycles. The highest BCUT2D eigenvalue weighted by Gasteiger charge is 2.20. The Labute approximate surface area is 195 Å². The minimum Gasteiger partial charge on any atom is -0.493 e. The topological polar surface area (TPSA) is 67.9 Å². The maximum Gasteiger partial charge on any atom is 0.254 e. The highest BCUT2D eigenvalue weighted by molar-refractivity contribution is 6.32. The third-order valence-corrected chi connectivity index (χ3v) is 5.37. The summed E-state index contributed by atoms with van der Waals surface area (Å²) in [6.45, 7) is 10.5. The first-order valence-corrected chi connectivity index (χ1v) is 11.0. The number of hydrogen-bond donors (Lipinski definition) is 1. The number of nitrogens with zero attached hydrogens (tertiary/aromatic N) is 1. The fourth-order valence-electron chi connectivity index (χ4n) is 3.44. The molecule has 6 nitrogen and oxygen atoms in total. The monoisotopic (exact) mass is 460 g/mol. The van der Waals surface area contributed by atoms with Gasteiger partial charge in [-0.05, 0) is 56.4 Å². The van der Waals surface area contributed by atoms with E-state index < -0.39 is 0 Å². The molecule has 2 aromatic rings. The van der Waals surface area contributed by atoms with E-state index in [1.165, 1.54) is 12.0 Å². The zero-order valence-electron chi connectivity index (χ0n) is 20.0. The van der Waals surface area contributed by atoms with Crippen molar-refractivity contribution in [3.8, 4) is 11.5 Å². The Morgan fingerprint density at radius 3 is 2.28 bits per heavy atom. The second-order valence-corrected chi connectivity index (χ2v) is 8.91. The molecule has 0 atom stereocenters. The number of rotatable bonds is 9. The summed E-state index contributed by atoms with van der Waals surface area (Å²) in [7, 11) is 3.07. The van der Waals surface area contributed by atoms with Crippen LogP contribution < -0.4 is 14.8 Å². The van der Waals surface area contributed by atoms with Crippen LogP contribution in [0.5, 0.6) is 11.5 Å². The summed E-state index contributed by atoms with van der Waals surface area (Å²) < 4.78 is 11.2. The van der Waals surface area contributed by atoms with Gasteiger partial charge in [0.05, 0.1) is 25.3 Å². The van der Waals surface area contributed by atoms with E-state index in [2.05, 4.69) is 19.2 Å². The number of likely N-dealkylation sites (N-methyl/N-ethyl adjacent to an activating group) is 1. The standard InChI is InChI=1S/C25H33ClN2O4/c1-15(2)8-9-32-24-20(26)12-19(13-21(24)31-7)25(30)28(6)14-22(29)27-23-17(4)10-16(3)11-18(23)5/h10-13,15H,8-9,14H2,1-7H3,(H,27,29). The molecule has 0 fully saturated rings. The Kier molecular flexibility index (Phi) is 8.96. The molecule has 174 valence electrons. The molecule has 1 N–H and O–H groups in total. The third-order valence-electron chi connectivity index (χ3n) is 5.09. The molecule has 2 rings (SSSR count). The normalized spacial score (nSPS) is 10.8. The number of anilines is 1. The van der Waals surface area contributed by atoms with Crippen LogP contribution in [0.2, 0.25) is 5.02 Å². The SMILES string of the molecule is COc1cc(C(=O)N(C)CC(=O)Nc2c(C)cc(C)cc2C)cc(Cl)c1OCCC(C)C. The average Bonchev–Trinajstić information content (AvgIpc) is 2.70. The summed E-state index contributed by atoms with van der Waals surface area (Å²) >= 11 is 6.38. The van der Waals surface area contributed by atoms with Crippen molar-refractivity contribution in [3.63, 3.8) is 0 Å². The molecule has 0 aromatic heterocycles. The van der Waals surface area contributed by atoms with Crippen molar-refractivity contribution < 1.29 is 19.1 Å². The second-order valence-electron chi connectivity index (χ2n) is 8.50. The van der Waals surface area contributed by atoms with Gasteiger partial charge < -0.3 is 19.7 Å². The molecule has 32 heavy (non-hydrogen) atoms. The highest BCUT2D eigenvalue weighted by Crippen LogP contribution is 2.37. The van der Waals surface area contributed by atoms with E-state index >= 15 is 0 Å². The molecule has 0 spiro atoms. The number of carbonyl (C=O) groups excluding carboxylic acids is 2. The average molecular weight is 461 g/mol. The Bertz CT molecular complexity index is 965. The third kappa shape index (κ3) is 6.63. The largest absolute Gasteiger partial charge is 0.493 e. The molecule has 2 aromatic carbocycles. The van der Waals surface area contributed by atoms with Crippen LogP contribution in [0, 0.1) is 26.7 Å². The molecule has 0 aliphatic rings. The zero-order chi connectivity index (χ0) is 24.0. The van der Waals surface area contributed by atoms with Crippen molar-refractivity contribution in [1.29, 1.82) is 0 Å². The van der Waals surface area contributed by atoms with Gasteiger partial charge in [0.2, 0.25) is 5.91 Å². The Morgan fingerprint density at radius 1 is 1.09 bits per heavy atom. The van der Waals surface area contributed by atoms with Gasteiger partial charge in [-0.15, -0.1) is 0 Å². The second kappa shape index (κ2) is 11.2. The van der Waals surface area contributed by atoms with Crippen LogP contribution in [-0.4, -0.2) is 44.0 Å². The van der Waals surface area contributed by atoms with E-state index in [0.29, 0.717) is 34.6 Å². The lowest BCUT2D eigenvalue weighted by molar-refractivity contribution is -0.116. The van der Waals surface area contributed by atoms with Gasteiger partial charge in [0, 0.05) is 18.3 Å². The molecule has 0 aliphatic heterocycles. The van der Waals surface area contributed by atoms with Crippen LogP contribution in [0.4, 0.5) is 5.69 Å². The fourth-order valence-corrected chi connectivity index (χ4v) is 3.71. The van der Waals surface area contributed by atoms with E-state index in [9.17, 15) is 9.59 Å². The maximum absolute atomic E-state index is 12.9. The van der Waals surface area contributed by atoms with Gasteiger partial charge >= 0.3 is 0 Å². The summed E-state index contributed by atoms with van der Waals surface area (Å²) in [5.74, 6) is 0.674. The van der Waals surface area contributed by atoms with Crippen molar-refractivity contribution in [1.82, 2.24) is 4.90 Å². The summed E-state index contributed by atoms with van der Waals surface area (Å²) in [6.07, 6.45) is 0.873. The number of carbonyl (C=O) groups is 2. The Balaban J connectivity index is 2.11. The van der Waals surface area contributed by atoms with Gasteiger partial charge in [-0.1, -0.05) is 43.1 Å². The molecule has 0 saturated carbocycles. The fraction of sp³-hybridized carbons (Fsp3) is 0.440. The first-order chi connectivity index (χ1) is 15.0. The lowest BCUT2D eigenvalue weighted by Crippen LogP contribution is -2.35. The Hall–Kier alpha value is -2.73. The lowest BCUT2D eigenvalue weighted by atomic mass is 10.1. The van der Waals surface area contributed by atoms with Crippen LogP contribution in [0.25, 0.3) is 0 Å². The first-order valence-electron chi connectivity index (χ1n) is 10.7. The predicted octanol–water partition coefficient (Wildman–Crippen LogP) is 5.41. The van der Waals surface area contributed by atoms with Gasteiger partial charge in [-0.3, -0.25) is 9.59 Å². The maximum atomic E-state index is 12.9. The van der Waals surface area contributed by atoms with Crippen molar-refractivity contribution in [3.05, 3.63) is 51.5 Å². The number of methoxy groups -OCH3 is 1. The van der Waals surface area contributed by atoms with Gasteiger partial charge in [0.1, 0.15) is 0 Å². The number of benzene rings is 2. The molecule has 0 aliphatic carbocycles. The predicted molar refractivity (Wildman–Crippen MR) is 129 cm³/mol. The minimum absolute atomic E-state index is 0.0990. The van der Waals surface area contributed by atoms with Gasteiger partial charge in [0.25, 0.3) is 5.91 Å². The number of amides is 2. The van der Waals surface area contributed by atoms with Crippen molar-refractivity contribution in [2.45, 2.75) is 41.0 Å². The van der Waals surface area contributed by atoms with E-state index in [4.69, 9.17) is 21.1 Å². The van der Waals surface area contributed by atoms with Gasteiger partial charge in [-0.2, -0.15) is 0 Å². The van der Waals surface area contributed by atoms with Crippen LogP contribution in [0.3, 0.4) is 0 Å². The molecular formula is C25H33ClN2O4.